The van der Waals surface area contributed by atoms with Gasteiger partial charge in [-0.3, -0.25) is 4.79 Å². The zero-order valence-electron chi connectivity index (χ0n) is 13.8. The molecule has 0 bridgehead atoms. The number of benzene rings is 1. The Labute approximate surface area is 137 Å². The third-order valence-electron chi connectivity index (χ3n) is 3.74. The smallest absolute Gasteiger partial charge is 0.246 e. The molecule has 2 aromatic rings. The van der Waals surface area contributed by atoms with Crippen molar-refractivity contribution in [1.82, 2.24) is 14.9 Å². The van der Waals surface area contributed by atoms with Crippen LogP contribution in [0.15, 0.2) is 55.1 Å². The van der Waals surface area contributed by atoms with Gasteiger partial charge in [-0.15, -0.1) is 6.58 Å². The van der Waals surface area contributed by atoms with Gasteiger partial charge >= 0.3 is 0 Å². The van der Waals surface area contributed by atoms with Gasteiger partial charge in [0.15, 0.2) is 0 Å². The Morgan fingerprint density at radius 2 is 2.04 bits per heavy atom. The monoisotopic (exact) mass is 309 g/mol. The summed E-state index contributed by atoms with van der Waals surface area (Å²) in [5, 5.41) is 2.88. The largest absolute Gasteiger partial charge is 0.347 e. The minimum absolute atomic E-state index is 0.139. The molecule has 1 aromatic heterocycles. The van der Waals surface area contributed by atoms with Crippen molar-refractivity contribution in [3.8, 4) is 0 Å². The molecule has 0 fully saturated rings. The number of nitrogens with zero attached hydrogens (tertiary/aromatic N) is 2. The first-order valence-corrected chi connectivity index (χ1v) is 7.64. The molecule has 0 unspecified atom stereocenters. The van der Waals surface area contributed by atoms with E-state index in [0.717, 1.165) is 23.6 Å². The third-order valence-corrected chi connectivity index (χ3v) is 3.74. The average Bonchev–Trinajstić information content (AvgIpc) is 2.82. The van der Waals surface area contributed by atoms with E-state index in [1.54, 1.807) is 6.92 Å². The maximum absolute atomic E-state index is 11.7. The van der Waals surface area contributed by atoms with Gasteiger partial charge in [0.1, 0.15) is 5.82 Å². The van der Waals surface area contributed by atoms with Gasteiger partial charge in [0, 0.05) is 25.5 Å². The number of aromatic nitrogens is 2. The van der Waals surface area contributed by atoms with E-state index in [-0.39, 0.29) is 5.91 Å². The van der Waals surface area contributed by atoms with Gasteiger partial charge in [-0.2, -0.15) is 0 Å². The van der Waals surface area contributed by atoms with Crippen LogP contribution in [0.3, 0.4) is 0 Å². The van der Waals surface area contributed by atoms with E-state index in [0.29, 0.717) is 18.5 Å². The first kappa shape index (κ1) is 16.7. The zero-order valence-corrected chi connectivity index (χ0v) is 13.8. The summed E-state index contributed by atoms with van der Waals surface area (Å²) in [6, 6.07) is 10.2. The molecule has 0 radical (unpaired) electrons. The van der Waals surface area contributed by atoms with Gasteiger partial charge in [-0.05, 0) is 12.5 Å². The molecular formula is C19H23N3O. The molecule has 0 aliphatic heterocycles. The van der Waals surface area contributed by atoms with Crippen molar-refractivity contribution in [2.45, 2.75) is 26.3 Å². The van der Waals surface area contributed by atoms with Crippen molar-refractivity contribution in [3.05, 3.63) is 77.9 Å². The van der Waals surface area contributed by atoms with Crippen LogP contribution in [0.2, 0.25) is 0 Å². The highest BCUT2D eigenvalue weighted by molar-refractivity contribution is 5.91. The van der Waals surface area contributed by atoms with Crippen LogP contribution >= 0.6 is 0 Å². The van der Waals surface area contributed by atoms with Gasteiger partial charge < -0.3 is 9.88 Å². The van der Waals surface area contributed by atoms with Gasteiger partial charge in [-0.25, -0.2) is 4.98 Å². The molecule has 1 aromatic carbocycles. The van der Waals surface area contributed by atoms with E-state index in [1.165, 1.54) is 5.56 Å². The fourth-order valence-electron chi connectivity index (χ4n) is 2.42. The van der Waals surface area contributed by atoms with Gasteiger partial charge in [-0.1, -0.05) is 43.0 Å². The van der Waals surface area contributed by atoms with Gasteiger partial charge in [0.25, 0.3) is 0 Å². The molecule has 0 spiro atoms. The molecule has 0 atom stereocenters. The van der Waals surface area contributed by atoms with E-state index >= 15 is 0 Å². The molecule has 120 valence electrons. The summed E-state index contributed by atoms with van der Waals surface area (Å²) in [6.07, 6.45) is 3.27. The van der Waals surface area contributed by atoms with Crippen LogP contribution in [0.1, 0.15) is 29.7 Å². The topological polar surface area (TPSA) is 46.9 Å². The normalized spacial score (nSPS) is 10.3. The van der Waals surface area contributed by atoms with Crippen molar-refractivity contribution < 1.29 is 4.79 Å². The van der Waals surface area contributed by atoms with Gasteiger partial charge in [0.2, 0.25) is 5.91 Å². The van der Waals surface area contributed by atoms with Crippen molar-refractivity contribution in [2.75, 3.05) is 0 Å². The molecule has 0 saturated carbocycles. The molecule has 1 heterocycles. The number of hydrogen-bond acceptors (Lipinski definition) is 2. The summed E-state index contributed by atoms with van der Waals surface area (Å²) in [5.41, 5.74) is 3.67. The Morgan fingerprint density at radius 1 is 1.35 bits per heavy atom. The summed E-state index contributed by atoms with van der Waals surface area (Å²) in [6.45, 7) is 9.59. The molecule has 4 nitrogen and oxygen atoms in total. The van der Waals surface area contributed by atoms with Crippen LogP contribution in [-0.2, 0) is 31.2 Å². The van der Waals surface area contributed by atoms with Gasteiger partial charge in [0.05, 0.1) is 17.9 Å². The molecule has 1 N–H and O–H groups in total. The van der Waals surface area contributed by atoms with E-state index < -0.39 is 0 Å². The molecule has 0 aliphatic rings. The Morgan fingerprint density at radius 3 is 2.65 bits per heavy atom. The number of carbonyl (C=O) groups excluding carboxylic acids is 1. The quantitative estimate of drug-likeness (QED) is 0.631. The van der Waals surface area contributed by atoms with Crippen LogP contribution in [-0.4, -0.2) is 15.5 Å². The Bertz CT molecular complexity index is 714. The SMILES string of the molecule is C=CCc1nc(Cc2ccccc2)n(C)c1CNC(=O)C(=C)C. The second-order valence-corrected chi connectivity index (χ2v) is 5.60. The lowest BCUT2D eigenvalue weighted by atomic mass is 10.1. The number of nitrogens with one attached hydrogen (secondary N) is 1. The van der Waals surface area contributed by atoms with Crippen molar-refractivity contribution in [3.63, 3.8) is 0 Å². The second-order valence-electron chi connectivity index (χ2n) is 5.60. The number of carbonyl (C=O) groups is 1. The molecule has 0 aliphatic carbocycles. The third kappa shape index (κ3) is 4.19. The average molecular weight is 309 g/mol. The first-order valence-electron chi connectivity index (χ1n) is 7.64. The lowest BCUT2D eigenvalue weighted by Gasteiger charge is -2.09. The Hall–Kier alpha value is -2.62. The Balaban J connectivity index is 2.24. The van der Waals surface area contributed by atoms with E-state index in [4.69, 9.17) is 4.98 Å². The maximum Gasteiger partial charge on any atom is 0.246 e. The van der Waals surface area contributed by atoms with E-state index in [1.807, 2.05) is 31.3 Å². The van der Waals surface area contributed by atoms with E-state index in [9.17, 15) is 4.79 Å². The molecule has 1 amide bonds. The highest BCUT2D eigenvalue weighted by Gasteiger charge is 2.15. The maximum atomic E-state index is 11.7. The fourth-order valence-corrected chi connectivity index (χ4v) is 2.42. The van der Waals surface area contributed by atoms with Crippen molar-refractivity contribution in [2.24, 2.45) is 7.05 Å². The summed E-state index contributed by atoms with van der Waals surface area (Å²) in [4.78, 5) is 16.5. The predicted octanol–water partition coefficient (Wildman–Crippen LogP) is 2.93. The van der Waals surface area contributed by atoms with Crippen LogP contribution in [0.25, 0.3) is 0 Å². The first-order chi connectivity index (χ1) is 11.0. The second kappa shape index (κ2) is 7.58. The number of imidazole rings is 1. The summed E-state index contributed by atoms with van der Waals surface area (Å²) < 4.78 is 2.06. The fraction of sp³-hybridized carbons (Fsp3) is 0.263. The summed E-state index contributed by atoms with van der Waals surface area (Å²) in [7, 11) is 1.99. The molecule has 2 rings (SSSR count). The van der Waals surface area contributed by atoms with Crippen molar-refractivity contribution in [1.29, 1.82) is 0 Å². The Kier molecular flexibility index (Phi) is 5.52. The van der Waals surface area contributed by atoms with Crippen LogP contribution in [0.4, 0.5) is 0 Å². The number of hydrogen-bond donors (Lipinski definition) is 1. The predicted molar refractivity (Wildman–Crippen MR) is 93.0 cm³/mol. The highest BCUT2D eigenvalue weighted by atomic mass is 16.1. The lowest BCUT2D eigenvalue weighted by molar-refractivity contribution is -0.117. The zero-order chi connectivity index (χ0) is 16.8. The molecule has 4 heteroatoms. The van der Waals surface area contributed by atoms with E-state index in [2.05, 4.69) is 35.2 Å². The molecule has 23 heavy (non-hydrogen) atoms. The number of amides is 1. The van der Waals surface area contributed by atoms with Crippen molar-refractivity contribution >= 4 is 5.91 Å². The highest BCUT2D eigenvalue weighted by Crippen LogP contribution is 2.15. The summed E-state index contributed by atoms with van der Waals surface area (Å²) in [5.74, 6) is 0.841. The summed E-state index contributed by atoms with van der Waals surface area (Å²) >= 11 is 0. The van der Waals surface area contributed by atoms with Crippen LogP contribution in [0.5, 0.6) is 0 Å². The number of rotatable bonds is 7. The lowest BCUT2D eigenvalue weighted by Crippen LogP contribution is -2.25. The molecular weight excluding hydrogens is 286 g/mol. The van der Waals surface area contributed by atoms with Crippen LogP contribution < -0.4 is 5.32 Å². The van der Waals surface area contributed by atoms with Crippen LogP contribution in [0, 0.1) is 0 Å². The standard InChI is InChI=1S/C19H23N3O/c1-5-9-16-17(13-20-19(23)14(2)3)22(4)18(21-16)12-15-10-7-6-8-11-15/h5-8,10-11H,1-2,9,12-13H2,3-4H3,(H,20,23). The molecule has 0 saturated heterocycles. The number of allylic oxidation sites excluding steroid dienone is 1. The minimum atomic E-state index is -0.139. The minimum Gasteiger partial charge on any atom is -0.347 e.